The molecule has 1 aromatic rings. The van der Waals surface area contributed by atoms with Crippen molar-refractivity contribution in [1.29, 1.82) is 0 Å². The summed E-state index contributed by atoms with van der Waals surface area (Å²) in [7, 11) is 5.08. The number of hydrogen-bond donors (Lipinski definition) is 2. The molecule has 0 spiro atoms. The number of carbonyl (C=O) groups is 1. The van der Waals surface area contributed by atoms with E-state index in [9.17, 15) is 4.79 Å². The zero-order valence-electron chi connectivity index (χ0n) is 17.3. The quantitative estimate of drug-likeness (QED) is 0.546. The Hall–Kier alpha value is -2.64. The van der Waals surface area contributed by atoms with E-state index in [1.54, 1.807) is 26.2 Å². The van der Waals surface area contributed by atoms with Crippen LogP contribution in [0.4, 0.5) is 4.79 Å². The molecule has 1 heterocycles. The Morgan fingerprint density at radius 3 is 2.61 bits per heavy atom. The predicted molar refractivity (Wildman–Crippen MR) is 109 cm³/mol. The van der Waals surface area contributed by atoms with Crippen LogP contribution >= 0.6 is 0 Å². The van der Waals surface area contributed by atoms with E-state index >= 15 is 0 Å². The Bertz CT molecular complexity index is 658. The highest BCUT2D eigenvalue weighted by Gasteiger charge is 2.24. The van der Waals surface area contributed by atoms with Crippen molar-refractivity contribution >= 4 is 12.1 Å². The van der Waals surface area contributed by atoms with E-state index in [4.69, 9.17) is 14.2 Å². The van der Waals surface area contributed by atoms with Crippen LogP contribution in [0.1, 0.15) is 25.3 Å². The minimum atomic E-state index is -0.226. The fourth-order valence-electron chi connectivity index (χ4n) is 3.20. The van der Waals surface area contributed by atoms with Crippen molar-refractivity contribution in [2.45, 2.75) is 32.2 Å². The number of nitrogens with zero attached hydrogens (tertiary/aromatic N) is 2. The molecule has 1 aliphatic heterocycles. The molecule has 0 aliphatic carbocycles. The van der Waals surface area contributed by atoms with Crippen molar-refractivity contribution in [2.75, 3.05) is 47.5 Å². The Morgan fingerprint density at radius 1 is 1.25 bits per heavy atom. The summed E-state index contributed by atoms with van der Waals surface area (Å²) in [4.78, 5) is 17.8. The van der Waals surface area contributed by atoms with E-state index in [0.717, 1.165) is 42.3 Å². The summed E-state index contributed by atoms with van der Waals surface area (Å²) < 4.78 is 15.8. The molecule has 1 aliphatic rings. The van der Waals surface area contributed by atoms with Gasteiger partial charge in [-0.3, -0.25) is 4.99 Å². The molecule has 1 amide bonds. The molecule has 0 aromatic heterocycles. The van der Waals surface area contributed by atoms with Crippen LogP contribution in [0, 0.1) is 0 Å². The van der Waals surface area contributed by atoms with Crippen LogP contribution in [0.15, 0.2) is 23.2 Å². The molecule has 0 unspecified atom stereocenters. The third kappa shape index (κ3) is 6.21. The second kappa shape index (κ2) is 11.3. The smallest absolute Gasteiger partial charge is 0.409 e. The Balaban J connectivity index is 1.79. The zero-order chi connectivity index (χ0) is 20.4. The summed E-state index contributed by atoms with van der Waals surface area (Å²) in [6.45, 7) is 4.32. The number of hydrogen-bond acceptors (Lipinski definition) is 5. The molecule has 0 atom stereocenters. The van der Waals surface area contributed by atoms with Crippen LogP contribution in [-0.4, -0.2) is 70.5 Å². The fourth-order valence-corrected chi connectivity index (χ4v) is 3.20. The molecule has 8 heteroatoms. The Labute approximate surface area is 167 Å². The first-order valence-electron chi connectivity index (χ1n) is 9.71. The van der Waals surface area contributed by atoms with Crippen molar-refractivity contribution in [3.8, 4) is 11.5 Å². The highest BCUT2D eigenvalue weighted by Crippen LogP contribution is 2.24. The summed E-state index contributed by atoms with van der Waals surface area (Å²) in [5.74, 6) is 2.42. The van der Waals surface area contributed by atoms with Crippen molar-refractivity contribution in [2.24, 2.45) is 4.99 Å². The van der Waals surface area contributed by atoms with E-state index in [1.165, 1.54) is 0 Å². The van der Waals surface area contributed by atoms with Gasteiger partial charge in [0.25, 0.3) is 0 Å². The largest absolute Gasteiger partial charge is 0.497 e. The standard InChI is InChI=1S/C20H32N4O4/c1-5-28-20(25)24-12-9-16(10-13-24)23-19(21-2)22-11-8-15-14-17(26-3)6-7-18(15)27-4/h6-7,14,16H,5,8-13H2,1-4H3,(H2,21,22,23). The molecule has 1 aromatic carbocycles. The monoisotopic (exact) mass is 392 g/mol. The third-order valence-corrected chi connectivity index (χ3v) is 4.76. The minimum absolute atomic E-state index is 0.226. The molecule has 2 N–H and O–H groups in total. The summed E-state index contributed by atoms with van der Waals surface area (Å²) in [5, 5.41) is 6.78. The highest BCUT2D eigenvalue weighted by molar-refractivity contribution is 5.80. The average molecular weight is 393 g/mol. The first kappa shape index (κ1) is 21.7. The van der Waals surface area contributed by atoms with Gasteiger partial charge in [-0.15, -0.1) is 0 Å². The van der Waals surface area contributed by atoms with Crippen molar-refractivity contribution < 1.29 is 19.0 Å². The summed E-state index contributed by atoms with van der Waals surface area (Å²) in [6, 6.07) is 6.07. The zero-order valence-corrected chi connectivity index (χ0v) is 17.3. The third-order valence-electron chi connectivity index (χ3n) is 4.76. The van der Waals surface area contributed by atoms with E-state index in [2.05, 4.69) is 15.6 Å². The van der Waals surface area contributed by atoms with Gasteiger partial charge in [-0.2, -0.15) is 0 Å². The maximum Gasteiger partial charge on any atom is 0.409 e. The maximum atomic E-state index is 11.8. The minimum Gasteiger partial charge on any atom is -0.497 e. The van der Waals surface area contributed by atoms with Gasteiger partial charge in [0.1, 0.15) is 11.5 Å². The summed E-state index contributed by atoms with van der Waals surface area (Å²) >= 11 is 0. The molecular weight excluding hydrogens is 360 g/mol. The molecule has 156 valence electrons. The molecule has 8 nitrogen and oxygen atoms in total. The first-order valence-corrected chi connectivity index (χ1v) is 9.71. The number of amides is 1. The lowest BCUT2D eigenvalue weighted by atomic mass is 10.1. The SMILES string of the molecule is CCOC(=O)N1CCC(NC(=NC)NCCc2cc(OC)ccc2OC)CC1. The summed E-state index contributed by atoms with van der Waals surface area (Å²) in [6.07, 6.45) is 2.28. The lowest BCUT2D eigenvalue weighted by Gasteiger charge is -2.32. The van der Waals surface area contributed by atoms with E-state index in [1.807, 2.05) is 25.1 Å². The number of guanidine groups is 1. The van der Waals surface area contributed by atoms with Crippen molar-refractivity contribution in [1.82, 2.24) is 15.5 Å². The number of methoxy groups -OCH3 is 2. The normalized spacial score (nSPS) is 15.1. The molecule has 0 bridgehead atoms. The molecule has 0 saturated carbocycles. The average Bonchev–Trinajstić information content (AvgIpc) is 2.73. The number of likely N-dealkylation sites (tertiary alicyclic amines) is 1. The van der Waals surface area contributed by atoms with Gasteiger partial charge in [0.2, 0.25) is 0 Å². The molecule has 2 rings (SSSR count). The van der Waals surface area contributed by atoms with E-state index < -0.39 is 0 Å². The van der Waals surface area contributed by atoms with Crippen LogP contribution < -0.4 is 20.1 Å². The van der Waals surface area contributed by atoms with Gasteiger partial charge in [0, 0.05) is 32.7 Å². The highest BCUT2D eigenvalue weighted by atomic mass is 16.6. The van der Waals surface area contributed by atoms with Crippen LogP contribution in [0.2, 0.25) is 0 Å². The van der Waals surface area contributed by atoms with Gasteiger partial charge in [0.05, 0.1) is 20.8 Å². The molecular formula is C20H32N4O4. The van der Waals surface area contributed by atoms with Crippen molar-refractivity contribution in [3.05, 3.63) is 23.8 Å². The van der Waals surface area contributed by atoms with Crippen molar-refractivity contribution in [3.63, 3.8) is 0 Å². The molecule has 0 radical (unpaired) electrons. The summed E-state index contributed by atoms with van der Waals surface area (Å²) in [5.41, 5.74) is 1.08. The Morgan fingerprint density at radius 2 is 2.00 bits per heavy atom. The lowest BCUT2D eigenvalue weighted by Crippen LogP contribution is -2.50. The molecule has 1 fully saturated rings. The van der Waals surface area contributed by atoms with Crippen LogP contribution in [0.5, 0.6) is 11.5 Å². The van der Waals surface area contributed by atoms with Gasteiger partial charge < -0.3 is 29.7 Å². The number of aliphatic imine (C=N–C) groups is 1. The number of nitrogens with one attached hydrogen (secondary N) is 2. The van der Waals surface area contributed by atoms with E-state index in [-0.39, 0.29) is 12.1 Å². The number of benzene rings is 1. The van der Waals surface area contributed by atoms with Gasteiger partial charge in [-0.25, -0.2) is 4.79 Å². The van der Waals surface area contributed by atoms with Gasteiger partial charge in [0.15, 0.2) is 5.96 Å². The Kier molecular flexibility index (Phi) is 8.71. The van der Waals surface area contributed by atoms with Gasteiger partial charge in [-0.05, 0) is 49.9 Å². The second-order valence-electron chi connectivity index (χ2n) is 6.53. The second-order valence-corrected chi connectivity index (χ2v) is 6.53. The van der Waals surface area contributed by atoms with Gasteiger partial charge >= 0.3 is 6.09 Å². The number of rotatable bonds is 7. The molecule has 28 heavy (non-hydrogen) atoms. The number of piperidine rings is 1. The van der Waals surface area contributed by atoms with Crippen LogP contribution in [-0.2, 0) is 11.2 Å². The maximum absolute atomic E-state index is 11.8. The van der Waals surface area contributed by atoms with Crippen LogP contribution in [0.25, 0.3) is 0 Å². The number of carbonyl (C=O) groups excluding carboxylic acids is 1. The van der Waals surface area contributed by atoms with Crippen LogP contribution in [0.3, 0.4) is 0 Å². The van der Waals surface area contributed by atoms with Gasteiger partial charge in [-0.1, -0.05) is 0 Å². The fraction of sp³-hybridized carbons (Fsp3) is 0.600. The van der Waals surface area contributed by atoms with E-state index in [0.29, 0.717) is 26.2 Å². The lowest BCUT2D eigenvalue weighted by molar-refractivity contribution is 0.0963. The topological polar surface area (TPSA) is 84.4 Å². The predicted octanol–water partition coefficient (Wildman–Crippen LogP) is 2.03. The number of ether oxygens (including phenoxy) is 3. The first-order chi connectivity index (χ1) is 13.6. The molecule has 1 saturated heterocycles.